The Morgan fingerprint density at radius 3 is 2.08 bits per heavy atom. The molecule has 0 fully saturated rings. The molecule has 0 saturated heterocycles. The molecule has 0 aromatic heterocycles. The van der Waals surface area contributed by atoms with Gasteiger partial charge in [0, 0.05) is 5.92 Å². The Bertz CT molecular complexity index is 909. The first-order valence-electron chi connectivity index (χ1n) is 12.3. The van der Waals surface area contributed by atoms with Gasteiger partial charge in [0.25, 0.3) is 0 Å². The summed E-state index contributed by atoms with van der Waals surface area (Å²) >= 11 is 17.0. The lowest BCUT2D eigenvalue weighted by molar-refractivity contribution is -0.160. The van der Waals surface area contributed by atoms with Crippen molar-refractivity contribution in [2.75, 3.05) is 13.2 Å². The molecule has 0 aliphatic rings. The van der Waals surface area contributed by atoms with Gasteiger partial charge in [0.2, 0.25) is 3.79 Å². The predicted octanol–water partition coefficient (Wildman–Crippen LogP) is 6.06. The van der Waals surface area contributed by atoms with Gasteiger partial charge < -0.3 is 24.1 Å². The number of ketones is 1. The summed E-state index contributed by atoms with van der Waals surface area (Å²) in [7, 11) is 0. The quantitative estimate of drug-likeness (QED) is 0.216. The third-order valence-corrected chi connectivity index (χ3v) is 6.12. The molecule has 11 heteroatoms. The van der Waals surface area contributed by atoms with Gasteiger partial charge in [-0.2, -0.15) is 0 Å². The summed E-state index contributed by atoms with van der Waals surface area (Å²) in [6.07, 6.45) is -3.85. The van der Waals surface area contributed by atoms with Crippen molar-refractivity contribution in [1.82, 2.24) is 0 Å². The smallest absolute Gasteiger partial charge is 0.460 e. The van der Waals surface area contributed by atoms with Crippen molar-refractivity contribution in [2.45, 2.75) is 83.1 Å². The zero-order valence-corrected chi connectivity index (χ0v) is 25.2. The highest BCUT2D eigenvalue weighted by atomic mass is 35.6. The number of rotatable bonds is 13. The molecule has 0 spiro atoms. The maximum Gasteiger partial charge on any atom is 0.508 e. The largest absolute Gasteiger partial charge is 0.508 e. The number of aliphatic hydroxyl groups is 1. The Labute approximate surface area is 240 Å². The minimum atomic E-state index is -1.84. The van der Waals surface area contributed by atoms with E-state index in [4.69, 9.17) is 53.8 Å². The summed E-state index contributed by atoms with van der Waals surface area (Å²) in [5.74, 6) is -2.43. The van der Waals surface area contributed by atoms with Crippen LogP contribution in [-0.2, 0) is 35.1 Å². The van der Waals surface area contributed by atoms with Gasteiger partial charge in [0.15, 0.2) is 0 Å². The minimum Gasteiger partial charge on any atom is -0.460 e. The lowest BCUT2D eigenvalue weighted by Crippen LogP contribution is -2.47. The molecule has 0 bridgehead atoms. The zero-order chi connectivity index (χ0) is 29.3. The molecule has 0 heterocycles. The van der Waals surface area contributed by atoms with Gasteiger partial charge in [0.05, 0.1) is 37.1 Å². The second-order valence-corrected chi connectivity index (χ2v) is 13.4. The number of hydrogen-bond acceptors (Lipinski definition) is 8. The van der Waals surface area contributed by atoms with E-state index in [2.05, 4.69) is 0 Å². The van der Waals surface area contributed by atoms with Gasteiger partial charge in [-0.15, -0.1) is 0 Å². The second-order valence-electron chi connectivity index (χ2n) is 10.9. The van der Waals surface area contributed by atoms with E-state index in [1.54, 1.807) is 34.6 Å². The molecular formula is C27H39Cl3O8. The first kappa shape index (κ1) is 34.4. The lowest BCUT2D eigenvalue weighted by atomic mass is 9.73. The fraction of sp³-hybridized carbons (Fsp3) is 0.667. The number of Topliss-reactive ketones (excluding diaryl/α,β-unsaturated/α-hetero) is 1. The topological polar surface area (TPSA) is 108 Å². The average Bonchev–Trinajstić information content (AvgIpc) is 2.79. The molecule has 8 nitrogen and oxygen atoms in total. The molecule has 1 rings (SSSR count). The summed E-state index contributed by atoms with van der Waals surface area (Å²) in [5.41, 5.74) is -1.15. The maximum atomic E-state index is 13.6. The van der Waals surface area contributed by atoms with Crippen LogP contribution in [0.1, 0.15) is 60.5 Å². The van der Waals surface area contributed by atoms with Crippen molar-refractivity contribution in [3.63, 3.8) is 0 Å². The van der Waals surface area contributed by atoms with E-state index in [1.807, 2.05) is 30.3 Å². The molecule has 38 heavy (non-hydrogen) atoms. The van der Waals surface area contributed by atoms with Crippen molar-refractivity contribution < 1.29 is 38.4 Å². The molecular weight excluding hydrogens is 559 g/mol. The summed E-state index contributed by atoms with van der Waals surface area (Å²) in [5, 5.41) is 10.8. The van der Waals surface area contributed by atoms with Gasteiger partial charge in [0.1, 0.15) is 24.1 Å². The van der Waals surface area contributed by atoms with E-state index in [9.17, 15) is 19.5 Å². The van der Waals surface area contributed by atoms with Crippen LogP contribution in [0.4, 0.5) is 4.79 Å². The van der Waals surface area contributed by atoms with E-state index < -0.39 is 63.4 Å². The molecule has 0 saturated carbocycles. The van der Waals surface area contributed by atoms with Crippen LogP contribution in [0.5, 0.6) is 0 Å². The Kier molecular flexibility index (Phi) is 13.3. The van der Waals surface area contributed by atoms with Crippen molar-refractivity contribution in [3.8, 4) is 0 Å². The molecule has 1 aromatic carbocycles. The molecule has 0 radical (unpaired) electrons. The minimum absolute atomic E-state index is 0.149. The Morgan fingerprint density at radius 1 is 0.974 bits per heavy atom. The van der Waals surface area contributed by atoms with Crippen LogP contribution in [-0.4, -0.2) is 57.8 Å². The number of alkyl halides is 3. The van der Waals surface area contributed by atoms with Crippen LogP contribution < -0.4 is 0 Å². The molecule has 0 aliphatic heterocycles. The fourth-order valence-electron chi connectivity index (χ4n) is 3.73. The molecule has 4 atom stereocenters. The van der Waals surface area contributed by atoms with Gasteiger partial charge in [-0.3, -0.25) is 9.59 Å². The molecule has 0 aliphatic carbocycles. The molecule has 1 aromatic rings. The van der Waals surface area contributed by atoms with Crippen molar-refractivity contribution in [1.29, 1.82) is 0 Å². The fourth-order valence-corrected chi connectivity index (χ4v) is 3.89. The third-order valence-electron chi connectivity index (χ3n) is 5.79. The van der Waals surface area contributed by atoms with Crippen molar-refractivity contribution in [2.24, 2.45) is 17.3 Å². The van der Waals surface area contributed by atoms with Crippen LogP contribution in [0.15, 0.2) is 30.3 Å². The summed E-state index contributed by atoms with van der Waals surface area (Å²) < 4.78 is 19.6. The first-order chi connectivity index (χ1) is 17.3. The highest BCUT2D eigenvalue weighted by molar-refractivity contribution is 6.67. The molecule has 216 valence electrons. The van der Waals surface area contributed by atoms with Crippen molar-refractivity contribution in [3.05, 3.63) is 35.9 Å². The van der Waals surface area contributed by atoms with Crippen LogP contribution in [0.25, 0.3) is 0 Å². The summed E-state index contributed by atoms with van der Waals surface area (Å²) in [6, 6.07) is 9.49. The third kappa shape index (κ3) is 12.5. The number of carbonyl (C=O) groups excluding carboxylic acids is 3. The molecule has 0 amide bonds. The Balaban J connectivity index is 3.01. The number of benzene rings is 1. The molecule has 0 unspecified atom stereocenters. The predicted molar refractivity (Wildman–Crippen MR) is 146 cm³/mol. The van der Waals surface area contributed by atoms with Crippen LogP contribution in [0.2, 0.25) is 0 Å². The number of hydrogen-bond donors (Lipinski definition) is 1. The number of aliphatic hydroxyl groups excluding tert-OH is 1. The second kappa shape index (κ2) is 14.7. The lowest BCUT2D eigenvalue weighted by Gasteiger charge is -2.35. The van der Waals surface area contributed by atoms with Crippen molar-refractivity contribution >= 4 is 52.7 Å². The first-order valence-corrected chi connectivity index (χ1v) is 13.4. The van der Waals surface area contributed by atoms with Crippen LogP contribution in [0.3, 0.4) is 0 Å². The van der Waals surface area contributed by atoms with Gasteiger partial charge in [-0.25, -0.2) is 4.79 Å². The van der Waals surface area contributed by atoms with Gasteiger partial charge in [-0.1, -0.05) is 92.8 Å². The van der Waals surface area contributed by atoms with Gasteiger partial charge in [-0.05, 0) is 26.3 Å². The highest BCUT2D eigenvalue weighted by Crippen LogP contribution is 2.33. The normalized spacial score (nSPS) is 15.7. The van der Waals surface area contributed by atoms with Gasteiger partial charge >= 0.3 is 12.1 Å². The zero-order valence-electron chi connectivity index (χ0n) is 23.0. The van der Waals surface area contributed by atoms with E-state index in [0.717, 1.165) is 5.56 Å². The van der Waals surface area contributed by atoms with E-state index >= 15 is 0 Å². The van der Waals surface area contributed by atoms with E-state index in [0.29, 0.717) is 6.61 Å². The number of halogens is 3. The van der Waals surface area contributed by atoms with Crippen LogP contribution in [0, 0.1) is 17.3 Å². The SMILES string of the molecule is C[C@@H](COCc1ccccc1)[C@H](OC(=O)OCC(Cl)(Cl)Cl)[C@@H](C)C(=O)C(C)(C)[C@@H](O)CC(=O)OC(C)(C)C. The van der Waals surface area contributed by atoms with E-state index in [-0.39, 0.29) is 13.0 Å². The average molecular weight is 598 g/mol. The monoisotopic (exact) mass is 596 g/mol. The Morgan fingerprint density at radius 2 is 1.55 bits per heavy atom. The number of carbonyl (C=O) groups is 3. The standard InChI is InChI=1S/C27H39Cl3O8/c1-17(14-35-15-19-11-9-8-10-12-19)22(37-24(34)36-16-27(28,29)30)18(2)23(33)26(6,7)20(31)13-21(32)38-25(3,4)5/h8-12,17-18,20,22,31H,13-16H2,1-7H3/t17-,18+,20-,22-/m0/s1. The number of ether oxygens (including phenoxy) is 4. The Hall–Kier alpha value is -1.58. The van der Waals surface area contributed by atoms with E-state index in [1.165, 1.54) is 13.8 Å². The number of esters is 1. The highest BCUT2D eigenvalue weighted by Gasteiger charge is 2.44. The summed E-state index contributed by atoms with van der Waals surface area (Å²) in [6.45, 7) is 11.4. The maximum absolute atomic E-state index is 13.6. The molecule has 1 N–H and O–H groups in total. The summed E-state index contributed by atoms with van der Waals surface area (Å²) in [4.78, 5) is 38.2. The van der Waals surface area contributed by atoms with Crippen LogP contribution >= 0.6 is 34.8 Å².